The monoisotopic (exact) mass is 414 g/mol. The predicted molar refractivity (Wildman–Crippen MR) is 118 cm³/mol. The van der Waals surface area contributed by atoms with Crippen LogP contribution in [0, 0.1) is 40.4 Å². The van der Waals surface area contributed by atoms with Gasteiger partial charge in [0, 0.05) is 12.8 Å². The topological polar surface area (TPSA) is 45.3 Å². The molecule has 0 unspecified atom stereocenters. The van der Waals surface area contributed by atoms with Crippen LogP contribution in [0.5, 0.6) is 0 Å². The van der Waals surface area contributed by atoms with Crippen LogP contribution in [0.2, 0.25) is 0 Å². The lowest BCUT2D eigenvalue weighted by Gasteiger charge is -2.57. The summed E-state index contributed by atoms with van der Waals surface area (Å²) in [6, 6.07) is 0. The van der Waals surface area contributed by atoms with Crippen LogP contribution >= 0.6 is 0 Å². The maximum absolute atomic E-state index is 10.1. The second-order valence-corrected chi connectivity index (χ2v) is 13.2. The smallest absolute Gasteiger partial charge is 0.233 e. The van der Waals surface area contributed by atoms with Crippen LogP contribution in [-0.2, 0) is 9.47 Å². The lowest BCUT2D eigenvalue weighted by atomic mass is 9.47. The SMILES string of the molecule is C[C@H](CCCC(C)(C)O)[C@H]1CC[C@H]2[C@@H]3CC=C4CC56OC5(C[C@]4(C)[C@H]3CC[C@]12C)O6. The predicted octanol–water partition coefficient (Wildman–Crippen LogP) is 6.21. The van der Waals surface area contributed by atoms with Gasteiger partial charge in [-0.25, -0.2) is 0 Å². The van der Waals surface area contributed by atoms with Crippen LogP contribution in [0.25, 0.3) is 0 Å². The molecule has 30 heavy (non-hydrogen) atoms. The zero-order chi connectivity index (χ0) is 21.2. The van der Waals surface area contributed by atoms with Crippen molar-refractivity contribution < 1.29 is 14.6 Å². The molecule has 0 aromatic heterocycles. The zero-order valence-corrected chi connectivity index (χ0v) is 19.8. The zero-order valence-electron chi connectivity index (χ0n) is 19.8. The number of fused-ring (bicyclic) bond motifs is 5. The van der Waals surface area contributed by atoms with Gasteiger partial charge in [0.1, 0.15) is 0 Å². The normalized spacial score (nSPS) is 54.1. The molecule has 0 amide bonds. The summed E-state index contributed by atoms with van der Waals surface area (Å²) in [5, 5.41) is 10.1. The summed E-state index contributed by atoms with van der Waals surface area (Å²) >= 11 is 0. The molecule has 7 atom stereocenters. The van der Waals surface area contributed by atoms with E-state index in [1.807, 2.05) is 13.8 Å². The van der Waals surface area contributed by atoms with Gasteiger partial charge >= 0.3 is 0 Å². The molecule has 1 N–H and O–H groups in total. The molecule has 2 saturated heterocycles. The Morgan fingerprint density at radius 2 is 1.90 bits per heavy atom. The number of allylic oxidation sites excluding steroid dienone is 1. The number of aliphatic hydroxyl groups is 1. The molecule has 168 valence electrons. The first-order valence-corrected chi connectivity index (χ1v) is 12.8. The summed E-state index contributed by atoms with van der Waals surface area (Å²) in [7, 11) is 0. The summed E-state index contributed by atoms with van der Waals surface area (Å²) in [6.45, 7) is 11.6. The number of epoxide rings is 2. The molecule has 6 aliphatic rings. The van der Waals surface area contributed by atoms with Crippen molar-refractivity contribution in [2.24, 2.45) is 40.4 Å². The highest BCUT2D eigenvalue weighted by Gasteiger charge is 2.93. The summed E-state index contributed by atoms with van der Waals surface area (Å²) in [5.74, 6) is 3.85. The lowest BCUT2D eigenvalue weighted by Crippen LogP contribution is -2.50. The van der Waals surface area contributed by atoms with Crippen molar-refractivity contribution in [1.82, 2.24) is 0 Å². The Morgan fingerprint density at radius 1 is 1.13 bits per heavy atom. The Morgan fingerprint density at radius 3 is 2.63 bits per heavy atom. The molecule has 0 bridgehead atoms. The van der Waals surface area contributed by atoms with Gasteiger partial charge in [0.2, 0.25) is 11.6 Å². The Bertz CT molecular complexity index is 771. The third kappa shape index (κ3) is 2.61. The Balaban J connectivity index is 1.19. The molecule has 0 aromatic carbocycles. The number of hydrogen-bond donors (Lipinski definition) is 1. The lowest BCUT2D eigenvalue weighted by molar-refractivity contribution is -0.104. The highest BCUT2D eigenvalue weighted by atomic mass is 17.0. The third-order valence-electron chi connectivity index (χ3n) is 11.0. The van der Waals surface area contributed by atoms with Crippen LogP contribution in [0.15, 0.2) is 11.6 Å². The molecule has 3 saturated carbocycles. The van der Waals surface area contributed by atoms with E-state index < -0.39 is 5.60 Å². The van der Waals surface area contributed by atoms with E-state index in [0.717, 1.165) is 55.3 Å². The summed E-state index contributed by atoms with van der Waals surface area (Å²) in [5.41, 5.74) is 1.96. The van der Waals surface area contributed by atoms with Crippen molar-refractivity contribution in [3.8, 4) is 0 Å². The van der Waals surface area contributed by atoms with E-state index in [1.54, 1.807) is 5.57 Å². The van der Waals surface area contributed by atoms with Crippen molar-refractivity contribution in [2.75, 3.05) is 0 Å². The van der Waals surface area contributed by atoms with Gasteiger partial charge in [-0.15, -0.1) is 0 Å². The molecule has 3 heteroatoms. The fourth-order valence-electron chi connectivity index (χ4n) is 9.35. The first kappa shape index (κ1) is 20.2. The first-order valence-electron chi connectivity index (χ1n) is 12.8. The van der Waals surface area contributed by atoms with Crippen molar-refractivity contribution in [3.63, 3.8) is 0 Å². The molecule has 3 nitrogen and oxygen atoms in total. The van der Waals surface area contributed by atoms with Crippen molar-refractivity contribution in [2.45, 2.75) is 116 Å². The molecular weight excluding hydrogens is 372 g/mol. The molecular formula is C27H42O3. The van der Waals surface area contributed by atoms with Crippen LogP contribution in [0.3, 0.4) is 0 Å². The Labute approximate surface area is 183 Å². The maximum Gasteiger partial charge on any atom is 0.233 e. The van der Waals surface area contributed by atoms with Crippen LogP contribution in [0.4, 0.5) is 0 Å². The highest BCUT2D eigenvalue weighted by molar-refractivity contribution is 5.37. The quantitative estimate of drug-likeness (QED) is 0.430. The molecule has 2 heterocycles. The minimum atomic E-state index is -0.519. The molecule has 4 aliphatic carbocycles. The molecule has 5 fully saturated rings. The second-order valence-electron chi connectivity index (χ2n) is 13.2. The van der Waals surface area contributed by atoms with E-state index in [1.165, 1.54) is 38.5 Å². The van der Waals surface area contributed by atoms with E-state index >= 15 is 0 Å². The van der Waals surface area contributed by atoms with Gasteiger partial charge in [0.05, 0.1) is 5.60 Å². The Hall–Kier alpha value is -0.380. The van der Waals surface area contributed by atoms with Crippen LogP contribution in [-0.4, -0.2) is 22.3 Å². The second kappa shape index (κ2) is 5.94. The highest BCUT2D eigenvalue weighted by Crippen LogP contribution is 2.80. The van der Waals surface area contributed by atoms with Gasteiger partial charge in [0.25, 0.3) is 0 Å². The van der Waals surface area contributed by atoms with Gasteiger partial charge < -0.3 is 14.6 Å². The Kier molecular flexibility index (Phi) is 4.01. The first-order chi connectivity index (χ1) is 14.0. The summed E-state index contributed by atoms with van der Waals surface area (Å²) < 4.78 is 12.0. The molecule has 0 radical (unpaired) electrons. The summed E-state index contributed by atoms with van der Waals surface area (Å²) in [6.07, 6.45) is 15.0. The van der Waals surface area contributed by atoms with E-state index in [4.69, 9.17) is 9.47 Å². The molecule has 0 aromatic rings. The van der Waals surface area contributed by atoms with Gasteiger partial charge in [0.15, 0.2) is 0 Å². The van der Waals surface area contributed by atoms with E-state index in [2.05, 4.69) is 26.8 Å². The fourth-order valence-corrected chi connectivity index (χ4v) is 9.35. The fraction of sp³-hybridized carbons (Fsp3) is 0.926. The third-order valence-corrected chi connectivity index (χ3v) is 11.0. The standard InChI is InChI=1S/C27H42O3/c1-17(7-6-13-23(2,3)28)20-10-11-21-19-9-8-18-15-26-27(29-26,30-26)16-25(18,5)22(19)12-14-24(20,21)4/h8,17,19-22,28H,6-7,9-16H2,1-5H3/t17-,19+,20-,21+,22+,24-,25+,26?,27?/m1/s1. The van der Waals surface area contributed by atoms with Crippen molar-refractivity contribution in [3.05, 3.63) is 11.6 Å². The van der Waals surface area contributed by atoms with Crippen molar-refractivity contribution >= 4 is 0 Å². The number of ether oxygens (including phenoxy) is 2. The average Bonchev–Trinajstić information content (AvgIpc) is 3.38. The van der Waals surface area contributed by atoms with Crippen LogP contribution < -0.4 is 0 Å². The van der Waals surface area contributed by atoms with Gasteiger partial charge in [-0.1, -0.05) is 45.3 Å². The van der Waals surface area contributed by atoms with Gasteiger partial charge in [-0.2, -0.15) is 0 Å². The van der Waals surface area contributed by atoms with E-state index in [9.17, 15) is 5.11 Å². The van der Waals surface area contributed by atoms with E-state index in [0.29, 0.717) is 10.8 Å². The average molecular weight is 415 g/mol. The number of rotatable bonds is 5. The summed E-state index contributed by atoms with van der Waals surface area (Å²) in [4.78, 5) is 0. The number of hydrogen-bond acceptors (Lipinski definition) is 3. The largest absolute Gasteiger partial charge is 0.390 e. The maximum atomic E-state index is 10.1. The minimum absolute atomic E-state index is 0.172. The molecule has 0 spiro atoms. The van der Waals surface area contributed by atoms with E-state index in [-0.39, 0.29) is 11.6 Å². The van der Waals surface area contributed by atoms with Gasteiger partial charge in [-0.05, 0) is 92.8 Å². The molecule has 6 rings (SSSR count). The van der Waals surface area contributed by atoms with Crippen LogP contribution in [0.1, 0.15) is 98.8 Å². The van der Waals surface area contributed by atoms with Crippen molar-refractivity contribution in [1.29, 1.82) is 0 Å². The van der Waals surface area contributed by atoms with Gasteiger partial charge in [-0.3, -0.25) is 0 Å². The minimum Gasteiger partial charge on any atom is -0.390 e. The molecule has 2 aliphatic heterocycles.